The number of hydrogen-bond acceptors (Lipinski definition) is 8. The van der Waals surface area contributed by atoms with Crippen LogP contribution in [0.4, 0.5) is 0 Å². The fraction of sp³-hybridized carbons (Fsp3) is 0.474. The Bertz CT molecular complexity index is 857. The van der Waals surface area contributed by atoms with Crippen molar-refractivity contribution in [2.24, 2.45) is 5.73 Å². The largest absolute Gasteiger partial charge is 0.394 e. The van der Waals surface area contributed by atoms with Gasteiger partial charge < -0.3 is 15.4 Å². The van der Waals surface area contributed by atoms with Gasteiger partial charge in [-0.1, -0.05) is 66.9 Å². The van der Waals surface area contributed by atoms with Gasteiger partial charge in [0.15, 0.2) is 0 Å². The molecule has 0 fully saturated rings. The van der Waals surface area contributed by atoms with Crippen molar-refractivity contribution in [3.8, 4) is 22.0 Å². The van der Waals surface area contributed by atoms with Crippen molar-refractivity contribution in [1.82, 2.24) is 20.3 Å². The van der Waals surface area contributed by atoms with E-state index in [0.29, 0.717) is 16.7 Å². The van der Waals surface area contributed by atoms with Crippen molar-refractivity contribution in [2.75, 3.05) is 6.61 Å². The van der Waals surface area contributed by atoms with Crippen LogP contribution < -0.4 is 5.73 Å². The number of rotatable bonds is 9. The molecule has 0 bridgehead atoms. The van der Waals surface area contributed by atoms with Crippen LogP contribution in [0.3, 0.4) is 0 Å². The summed E-state index contributed by atoms with van der Waals surface area (Å²) in [6.07, 6.45) is 5.52. The van der Waals surface area contributed by atoms with Gasteiger partial charge in [0.05, 0.1) is 12.1 Å². The Morgan fingerprint density at radius 3 is 2.56 bits per heavy atom. The van der Waals surface area contributed by atoms with E-state index in [9.17, 15) is 5.11 Å². The lowest BCUT2D eigenvalue weighted by Crippen LogP contribution is -2.36. The highest BCUT2D eigenvalue weighted by Gasteiger charge is 2.25. The molecule has 8 heteroatoms. The molecule has 1 aromatic carbocycles. The molecule has 0 saturated heterocycles. The maximum absolute atomic E-state index is 9.36. The first-order chi connectivity index (χ1) is 13.0. The Balaban J connectivity index is 1.68. The molecule has 0 spiro atoms. The van der Waals surface area contributed by atoms with Gasteiger partial charge in [0.25, 0.3) is 0 Å². The summed E-state index contributed by atoms with van der Waals surface area (Å²) in [4.78, 5) is 4.48. The van der Waals surface area contributed by atoms with Crippen LogP contribution in [0.1, 0.15) is 50.4 Å². The van der Waals surface area contributed by atoms with E-state index in [2.05, 4.69) is 27.3 Å². The SMILES string of the molecule is CCCCCCc1nc(-c2ccc(-c3nnc([C@@](C)(N)CO)s3)cc2)no1. The minimum absolute atomic E-state index is 0.181. The Labute approximate surface area is 162 Å². The topological polar surface area (TPSA) is 111 Å². The van der Waals surface area contributed by atoms with Crippen LogP contribution in [-0.2, 0) is 12.0 Å². The zero-order valence-electron chi connectivity index (χ0n) is 15.7. The summed E-state index contributed by atoms with van der Waals surface area (Å²) in [6, 6.07) is 7.78. The summed E-state index contributed by atoms with van der Waals surface area (Å²) < 4.78 is 5.35. The molecule has 0 saturated carbocycles. The minimum atomic E-state index is -0.881. The van der Waals surface area contributed by atoms with Crippen molar-refractivity contribution < 1.29 is 9.63 Å². The van der Waals surface area contributed by atoms with Gasteiger partial charge in [-0.05, 0) is 13.3 Å². The number of unbranched alkanes of at least 4 members (excludes halogenated alkanes) is 3. The third-order valence-electron chi connectivity index (χ3n) is 4.34. The zero-order valence-corrected chi connectivity index (χ0v) is 16.5. The van der Waals surface area contributed by atoms with Crippen LogP contribution in [0.5, 0.6) is 0 Å². The Hall–Kier alpha value is -2.16. The fourth-order valence-electron chi connectivity index (χ4n) is 2.58. The molecule has 0 aliphatic rings. The average Bonchev–Trinajstić information content (AvgIpc) is 3.36. The molecule has 3 N–H and O–H groups in total. The quantitative estimate of drug-likeness (QED) is 0.540. The summed E-state index contributed by atoms with van der Waals surface area (Å²) in [5.74, 6) is 1.28. The molecule has 0 amide bonds. The summed E-state index contributed by atoms with van der Waals surface area (Å²) >= 11 is 1.38. The van der Waals surface area contributed by atoms with Gasteiger partial charge in [-0.2, -0.15) is 4.98 Å². The summed E-state index contributed by atoms with van der Waals surface area (Å²) in [5, 5.41) is 23.1. The molecular formula is C19H25N5O2S. The molecule has 2 heterocycles. The van der Waals surface area contributed by atoms with Crippen LogP contribution in [0.25, 0.3) is 22.0 Å². The van der Waals surface area contributed by atoms with Crippen molar-refractivity contribution in [3.63, 3.8) is 0 Å². The second-order valence-corrected chi connectivity index (χ2v) is 7.87. The second kappa shape index (κ2) is 8.69. The van der Waals surface area contributed by atoms with Crippen molar-refractivity contribution >= 4 is 11.3 Å². The van der Waals surface area contributed by atoms with Crippen LogP contribution in [0.2, 0.25) is 0 Å². The van der Waals surface area contributed by atoms with Gasteiger partial charge in [0.1, 0.15) is 10.0 Å². The van der Waals surface area contributed by atoms with Crippen molar-refractivity contribution in [1.29, 1.82) is 0 Å². The summed E-state index contributed by atoms with van der Waals surface area (Å²) in [6.45, 7) is 3.74. The van der Waals surface area contributed by atoms with Gasteiger partial charge in [0.2, 0.25) is 11.7 Å². The molecule has 7 nitrogen and oxygen atoms in total. The number of aliphatic hydroxyl groups is 1. The number of hydrogen-bond donors (Lipinski definition) is 2. The third-order valence-corrected chi connectivity index (χ3v) is 5.60. The third kappa shape index (κ3) is 4.77. The number of nitrogens with two attached hydrogens (primary N) is 1. The lowest BCUT2D eigenvalue weighted by molar-refractivity contribution is 0.209. The lowest BCUT2D eigenvalue weighted by atomic mass is 10.1. The molecular weight excluding hydrogens is 362 g/mol. The summed E-state index contributed by atoms with van der Waals surface area (Å²) in [7, 11) is 0. The van der Waals surface area contributed by atoms with Gasteiger partial charge in [-0.25, -0.2) is 0 Å². The molecule has 3 aromatic rings. The molecule has 0 aliphatic carbocycles. The molecule has 3 rings (SSSR count). The van der Waals surface area contributed by atoms with Crippen molar-refractivity contribution in [3.05, 3.63) is 35.2 Å². The molecule has 144 valence electrons. The normalized spacial score (nSPS) is 13.6. The van der Waals surface area contributed by atoms with Crippen molar-refractivity contribution in [2.45, 2.75) is 51.5 Å². The van der Waals surface area contributed by atoms with Gasteiger partial charge in [-0.3, -0.25) is 0 Å². The van der Waals surface area contributed by atoms with Gasteiger partial charge >= 0.3 is 0 Å². The minimum Gasteiger partial charge on any atom is -0.394 e. The molecule has 0 unspecified atom stereocenters. The molecule has 27 heavy (non-hydrogen) atoms. The Morgan fingerprint density at radius 2 is 1.85 bits per heavy atom. The average molecular weight is 388 g/mol. The van der Waals surface area contributed by atoms with E-state index < -0.39 is 5.54 Å². The van der Waals surface area contributed by atoms with Crippen LogP contribution in [0, 0.1) is 0 Å². The highest BCUT2D eigenvalue weighted by Crippen LogP contribution is 2.29. The number of aromatic nitrogens is 4. The number of benzene rings is 1. The molecule has 2 aromatic heterocycles. The van der Waals surface area contributed by atoms with E-state index in [1.807, 2.05) is 24.3 Å². The van der Waals surface area contributed by atoms with E-state index >= 15 is 0 Å². The predicted octanol–water partition coefficient (Wildman–Crippen LogP) is 3.54. The van der Waals surface area contributed by atoms with Gasteiger partial charge in [-0.15, -0.1) is 10.2 Å². The Kier molecular flexibility index (Phi) is 6.30. The van der Waals surface area contributed by atoms with E-state index in [1.165, 1.54) is 30.6 Å². The van der Waals surface area contributed by atoms with Gasteiger partial charge in [0, 0.05) is 17.5 Å². The maximum Gasteiger partial charge on any atom is 0.226 e. The predicted molar refractivity (Wildman–Crippen MR) is 105 cm³/mol. The Morgan fingerprint density at radius 1 is 1.11 bits per heavy atom. The lowest BCUT2D eigenvalue weighted by Gasteiger charge is -2.16. The first kappa shape index (κ1) is 19.6. The van der Waals surface area contributed by atoms with Crippen LogP contribution in [0.15, 0.2) is 28.8 Å². The molecule has 0 radical (unpaired) electrons. The van der Waals surface area contributed by atoms with E-state index in [4.69, 9.17) is 10.3 Å². The van der Waals surface area contributed by atoms with E-state index in [1.54, 1.807) is 6.92 Å². The number of aryl methyl sites for hydroxylation is 1. The second-order valence-electron chi connectivity index (χ2n) is 6.89. The highest BCUT2D eigenvalue weighted by molar-refractivity contribution is 7.14. The fourth-order valence-corrected chi connectivity index (χ4v) is 3.47. The summed E-state index contributed by atoms with van der Waals surface area (Å²) in [5.41, 5.74) is 6.96. The van der Waals surface area contributed by atoms with Crippen LogP contribution >= 0.6 is 11.3 Å². The number of nitrogens with zero attached hydrogens (tertiary/aromatic N) is 4. The standard InChI is InChI=1S/C19H25N5O2S/c1-3-4-5-6-7-15-21-16(24-26-15)13-8-10-14(11-9-13)17-22-23-18(27-17)19(2,20)12-25/h8-11,25H,3-7,12,20H2,1-2H3/t19-/m0/s1. The number of aliphatic hydroxyl groups excluding tert-OH is 1. The molecule has 0 aliphatic heterocycles. The van der Waals surface area contributed by atoms with E-state index in [-0.39, 0.29) is 6.61 Å². The first-order valence-corrected chi connectivity index (χ1v) is 10.0. The highest BCUT2D eigenvalue weighted by atomic mass is 32.1. The van der Waals surface area contributed by atoms with E-state index in [0.717, 1.165) is 29.0 Å². The first-order valence-electron chi connectivity index (χ1n) is 9.20. The maximum atomic E-state index is 9.36. The van der Waals surface area contributed by atoms with Crippen LogP contribution in [-0.4, -0.2) is 32.1 Å². The monoisotopic (exact) mass is 387 g/mol. The molecule has 1 atom stereocenters. The zero-order chi connectivity index (χ0) is 19.3. The smallest absolute Gasteiger partial charge is 0.226 e.